The number of para-hydroxylation sites is 1. The van der Waals surface area contributed by atoms with E-state index in [4.69, 9.17) is 0 Å². The number of rotatable bonds is 1. The van der Waals surface area contributed by atoms with E-state index < -0.39 is 0 Å². The quantitative estimate of drug-likeness (QED) is 0.611. The first kappa shape index (κ1) is 9.16. The molecule has 0 fully saturated rings. The molecule has 2 aromatic carbocycles. The Hall–Kier alpha value is -2.09. The van der Waals surface area contributed by atoms with E-state index in [2.05, 4.69) is 4.98 Å². The van der Waals surface area contributed by atoms with Gasteiger partial charge in [0.2, 0.25) is 0 Å². The van der Waals surface area contributed by atoms with Crippen LogP contribution in [0.2, 0.25) is 0 Å². The molecular formula is C14H11NO. The predicted molar refractivity (Wildman–Crippen MR) is 65.8 cm³/mol. The molecule has 0 aliphatic heterocycles. The van der Waals surface area contributed by atoms with Crippen molar-refractivity contribution in [3.05, 3.63) is 48.0 Å². The number of aromatic nitrogens is 1. The Kier molecular flexibility index (Phi) is 1.83. The van der Waals surface area contributed by atoms with Gasteiger partial charge in [-0.05, 0) is 19.1 Å². The molecule has 0 atom stereocenters. The van der Waals surface area contributed by atoms with Crippen LogP contribution in [0.5, 0.6) is 0 Å². The third-order valence-corrected chi connectivity index (χ3v) is 2.91. The van der Waals surface area contributed by atoms with Gasteiger partial charge in [0.25, 0.3) is 0 Å². The number of benzene rings is 2. The first-order chi connectivity index (χ1) is 7.77. The molecule has 0 aliphatic carbocycles. The second-order valence-corrected chi connectivity index (χ2v) is 3.95. The number of H-pyrrole nitrogens is 1. The molecule has 3 aromatic rings. The molecule has 0 unspecified atom stereocenters. The van der Waals surface area contributed by atoms with Gasteiger partial charge in [0.05, 0.1) is 0 Å². The molecule has 0 bridgehead atoms. The highest BCUT2D eigenvalue weighted by Crippen LogP contribution is 2.28. The van der Waals surface area contributed by atoms with Crippen molar-refractivity contribution in [3.63, 3.8) is 0 Å². The van der Waals surface area contributed by atoms with Gasteiger partial charge in [-0.3, -0.25) is 4.79 Å². The summed E-state index contributed by atoms with van der Waals surface area (Å²) in [6.45, 7) is 1.61. The van der Waals surface area contributed by atoms with Gasteiger partial charge in [0, 0.05) is 27.4 Å². The molecule has 78 valence electrons. The molecule has 3 rings (SSSR count). The standard InChI is InChI=1S/C14H11NO/c1-9(16)10-6-4-8-13-14(10)11-5-2-3-7-12(11)15-13/h2-8,15H,1H3. The zero-order valence-electron chi connectivity index (χ0n) is 8.95. The first-order valence-corrected chi connectivity index (χ1v) is 5.28. The van der Waals surface area contributed by atoms with E-state index in [0.717, 1.165) is 27.4 Å². The van der Waals surface area contributed by atoms with Gasteiger partial charge in [-0.25, -0.2) is 0 Å². The summed E-state index contributed by atoms with van der Waals surface area (Å²) in [4.78, 5) is 14.9. The van der Waals surface area contributed by atoms with Crippen LogP contribution in [0, 0.1) is 0 Å². The highest BCUT2D eigenvalue weighted by Gasteiger charge is 2.10. The lowest BCUT2D eigenvalue weighted by atomic mass is 10.0. The predicted octanol–water partition coefficient (Wildman–Crippen LogP) is 3.52. The van der Waals surface area contributed by atoms with Crippen LogP contribution >= 0.6 is 0 Å². The molecule has 1 aromatic heterocycles. The van der Waals surface area contributed by atoms with Gasteiger partial charge in [0.15, 0.2) is 5.78 Å². The minimum atomic E-state index is 0.107. The summed E-state index contributed by atoms with van der Waals surface area (Å²) < 4.78 is 0. The Bertz CT molecular complexity index is 694. The van der Waals surface area contributed by atoms with Gasteiger partial charge < -0.3 is 4.98 Å². The Morgan fingerprint density at radius 2 is 1.75 bits per heavy atom. The molecule has 1 N–H and O–H groups in total. The second-order valence-electron chi connectivity index (χ2n) is 3.95. The van der Waals surface area contributed by atoms with Gasteiger partial charge in [0.1, 0.15) is 0 Å². The number of ketones is 1. The maximum atomic E-state index is 11.6. The second kappa shape index (κ2) is 3.20. The molecule has 0 radical (unpaired) electrons. The molecule has 2 nitrogen and oxygen atoms in total. The zero-order chi connectivity index (χ0) is 11.1. The van der Waals surface area contributed by atoms with Crippen LogP contribution in [0.4, 0.5) is 0 Å². The number of hydrogen-bond acceptors (Lipinski definition) is 1. The van der Waals surface area contributed by atoms with Crippen LogP contribution in [-0.2, 0) is 0 Å². The maximum Gasteiger partial charge on any atom is 0.160 e. The van der Waals surface area contributed by atoms with Crippen molar-refractivity contribution in [2.75, 3.05) is 0 Å². The molecule has 0 spiro atoms. The van der Waals surface area contributed by atoms with E-state index >= 15 is 0 Å². The maximum absolute atomic E-state index is 11.6. The van der Waals surface area contributed by atoms with Crippen molar-refractivity contribution < 1.29 is 4.79 Å². The molecular weight excluding hydrogens is 198 g/mol. The number of fused-ring (bicyclic) bond motifs is 3. The van der Waals surface area contributed by atoms with E-state index in [9.17, 15) is 4.79 Å². The van der Waals surface area contributed by atoms with Crippen molar-refractivity contribution >= 4 is 27.6 Å². The highest BCUT2D eigenvalue weighted by atomic mass is 16.1. The molecule has 16 heavy (non-hydrogen) atoms. The van der Waals surface area contributed by atoms with Crippen LogP contribution in [0.1, 0.15) is 17.3 Å². The van der Waals surface area contributed by atoms with Crippen LogP contribution < -0.4 is 0 Å². The Morgan fingerprint density at radius 3 is 2.56 bits per heavy atom. The topological polar surface area (TPSA) is 32.9 Å². The van der Waals surface area contributed by atoms with E-state index in [-0.39, 0.29) is 5.78 Å². The van der Waals surface area contributed by atoms with Crippen LogP contribution in [0.3, 0.4) is 0 Å². The lowest BCUT2D eigenvalue weighted by Gasteiger charge is -1.98. The lowest BCUT2D eigenvalue weighted by molar-refractivity contribution is 0.101. The minimum Gasteiger partial charge on any atom is -0.354 e. The molecule has 0 aliphatic rings. The number of nitrogens with one attached hydrogen (secondary N) is 1. The normalized spacial score (nSPS) is 11.1. The Morgan fingerprint density at radius 1 is 1.00 bits per heavy atom. The SMILES string of the molecule is CC(=O)c1cccc2[nH]c3ccccc3c12. The van der Waals surface area contributed by atoms with Gasteiger partial charge in [-0.2, -0.15) is 0 Å². The fraction of sp³-hybridized carbons (Fsp3) is 0.0714. The molecule has 1 heterocycles. The van der Waals surface area contributed by atoms with E-state index in [1.165, 1.54) is 0 Å². The molecule has 2 heteroatoms. The van der Waals surface area contributed by atoms with Gasteiger partial charge >= 0.3 is 0 Å². The lowest BCUT2D eigenvalue weighted by Crippen LogP contribution is -1.91. The van der Waals surface area contributed by atoms with Crippen LogP contribution in [0.25, 0.3) is 21.8 Å². The smallest absolute Gasteiger partial charge is 0.160 e. The average Bonchev–Trinajstić information content (AvgIpc) is 2.66. The Balaban J connectivity index is 2.57. The Labute approximate surface area is 92.9 Å². The van der Waals surface area contributed by atoms with Gasteiger partial charge in [-0.1, -0.05) is 30.3 Å². The fourth-order valence-electron chi connectivity index (χ4n) is 2.20. The van der Waals surface area contributed by atoms with Gasteiger partial charge in [-0.15, -0.1) is 0 Å². The van der Waals surface area contributed by atoms with E-state index in [0.29, 0.717) is 0 Å². The minimum absolute atomic E-state index is 0.107. The number of carbonyl (C=O) groups excluding carboxylic acids is 1. The molecule has 0 saturated heterocycles. The number of hydrogen-bond donors (Lipinski definition) is 1. The largest absolute Gasteiger partial charge is 0.354 e. The third kappa shape index (κ3) is 1.16. The van der Waals surface area contributed by atoms with Crippen LogP contribution in [-0.4, -0.2) is 10.8 Å². The summed E-state index contributed by atoms with van der Waals surface area (Å²) in [6.07, 6.45) is 0. The first-order valence-electron chi connectivity index (χ1n) is 5.28. The van der Waals surface area contributed by atoms with Crippen molar-refractivity contribution in [2.45, 2.75) is 6.92 Å². The number of Topliss-reactive ketones (excluding diaryl/α,β-unsaturated/α-hetero) is 1. The van der Waals surface area contributed by atoms with E-state index in [1.807, 2.05) is 42.5 Å². The fourth-order valence-corrected chi connectivity index (χ4v) is 2.20. The monoisotopic (exact) mass is 209 g/mol. The third-order valence-electron chi connectivity index (χ3n) is 2.91. The highest BCUT2D eigenvalue weighted by molar-refractivity contribution is 6.17. The molecule has 0 saturated carbocycles. The zero-order valence-corrected chi connectivity index (χ0v) is 8.95. The summed E-state index contributed by atoms with van der Waals surface area (Å²) >= 11 is 0. The van der Waals surface area contributed by atoms with Crippen molar-refractivity contribution in [1.29, 1.82) is 0 Å². The summed E-state index contributed by atoms with van der Waals surface area (Å²) in [6, 6.07) is 13.8. The summed E-state index contributed by atoms with van der Waals surface area (Å²) in [5.41, 5.74) is 2.88. The number of carbonyl (C=O) groups is 1. The number of aromatic amines is 1. The van der Waals surface area contributed by atoms with Crippen LogP contribution in [0.15, 0.2) is 42.5 Å². The van der Waals surface area contributed by atoms with E-state index in [1.54, 1.807) is 6.92 Å². The summed E-state index contributed by atoms with van der Waals surface area (Å²) in [5.74, 6) is 0.107. The van der Waals surface area contributed by atoms with Crippen molar-refractivity contribution in [1.82, 2.24) is 4.98 Å². The average molecular weight is 209 g/mol. The molecule has 0 amide bonds. The summed E-state index contributed by atoms with van der Waals surface area (Å²) in [7, 11) is 0. The van der Waals surface area contributed by atoms with Crippen molar-refractivity contribution in [2.24, 2.45) is 0 Å². The van der Waals surface area contributed by atoms with Crippen molar-refractivity contribution in [3.8, 4) is 0 Å². The summed E-state index contributed by atoms with van der Waals surface area (Å²) in [5, 5.41) is 2.15.